The van der Waals surface area contributed by atoms with Gasteiger partial charge in [0.25, 0.3) is 5.91 Å². The molecule has 1 aromatic carbocycles. The number of hydrogen-bond acceptors (Lipinski definition) is 7. The number of aromatic nitrogens is 3. The lowest BCUT2D eigenvalue weighted by Crippen LogP contribution is -2.19. The highest BCUT2D eigenvalue weighted by atomic mass is 19.1. The fourth-order valence-electron chi connectivity index (χ4n) is 3.72. The number of carbonyl (C=O) groups is 1. The van der Waals surface area contributed by atoms with Crippen LogP contribution in [0.4, 0.5) is 4.39 Å². The van der Waals surface area contributed by atoms with Crippen molar-refractivity contribution in [1.29, 1.82) is 5.41 Å². The van der Waals surface area contributed by atoms with Crippen LogP contribution in [0.3, 0.4) is 0 Å². The highest BCUT2D eigenvalue weighted by Gasteiger charge is 2.23. The molecule has 9 nitrogen and oxygen atoms in total. The molecule has 172 valence electrons. The molecule has 10 heteroatoms. The average Bonchev–Trinajstić information content (AvgIpc) is 3.48. The predicted octanol–water partition coefficient (Wildman–Crippen LogP) is 2.58. The number of benzene rings is 1. The number of allylic oxidation sites excluding steroid dienone is 1. The van der Waals surface area contributed by atoms with Crippen molar-refractivity contribution < 1.29 is 18.7 Å². The summed E-state index contributed by atoms with van der Waals surface area (Å²) in [6.45, 7) is 2.64. The van der Waals surface area contributed by atoms with Crippen molar-refractivity contribution >= 4 is 23.3 Å². The summed E-state index contributed by atoms with van der Waals surface area (Å²) in [5, 5.41) is 17.9. The van der Waals surface area contributed by atoms with E-state index in [4.69, 9.17) is 14.9 Å². The minimum Gasteiger partial charge on any atom is -0.470 e. The third-order valence-electron chi connectivity index (χ3n) is 5.41. The molecule has 0 bridgehead atoms. The molecule has 33 heavy (non-hydrogen) atoms. The normalized spacial score (nSPS) is 16.1. The van der Waals surface area contributed by atoms with Crippen LogP contribution in [0.25, 0.3) is 22.5 Å². The van der Waals surface area contributed by atoms with Crippen LogP contribution < -0.4 is 15.4 Å². The zero-order valence-electron chi connectivity index (χ0n) is 18.6. The maximum absolute atomic E-state index is 15.1. The molecule has 4 rings (SSSR count). The van der Waals surface area contributed by atoms with Gasteiger partial charge in [0.05, 0.1) is 30.7 Å². The Morgan fingerprint density at radius 2 is 2.18 bits per heavy atom. The van der Waals surface area contributed by atoms with Crippen molar-refractivity contribution in [2.75, 3.05) is 27.3 Å². The number of nitrogens with zero attached hydrogens (tertiary/aromatic N) is 3. The van der Waals surface area contributed by atoms with Crippen molar-refractivity contribution in [2.24, 2.45) is 0 Å². The second-order valence-corrected chi connectivity index (χ2v) is 7.65. The molecule has 3 aromatic rings. The highest BCUT2D eigenvalue weighted by Crippen LogP contribution is 2.31. The topological polar surface area (TPSA) is 114 Å². The van der Waals surface area contributed by atoms with Gasteiger partial charge in [-0.1, -0.05) is 0 Å². The monoisotopic (exact) mass is 452 g/mol. The van der Waals surface area contributed by atoms with Gasteiger partial charge in [-0.2, -0.15) is 0 Å². The lowest BCUT2D eigenvalue weighted by molar-refractivity contribution is 0.0963. The molecule has 0 aliphatic carbocycles. The second kappa shape index (κ2) is 9.37. The third-order valence-corrected chi connectivity index (χ3v) is 5.41. The van der Waals surface area contributed by atoms with Crippen LogP contribution in [-0.2, 0) is 4.74 Å². The van der Waals surface area contributed by atoms with Crippen LogP contribution >= 0.6 is 0 Å². The summed E-state index contributed by atoms with van der Waals surface area (Å²) in [6.07, 6.45) is 4.90. The van der Waals surface area contributed by atoms with Crippen LogP contribution in [0.15, 0.2) is 30.6 Å². The number of amides is 1. The first-order valence-corrected chi connectivity index (χ1v) is 10.5. The van der Waals surface area contributed by atoms with E-state index in [1.54, 1.807) is 26.2 Å². The van der Waals surface area contributed by atoms with E-state index in [9.17, 15) is 4.79 Å². The largest absolute Gasteiger partial charge is 0.470 e. The van der Waals surface area contributed by atoms with Gasteiger partial charge in [0.2, 0.25) is 5.88 Å². The number of fused-ring (bicyclic) bond motifs is 1. The van der Waals surface area contributed by atoms with Gasteiger partial charge < -0.3 is 25.5 Å². The fourth-order valence-corrected chi connectivity index (χ4v) is 3.72. The van der Waals surface area contributed by atoms with Gasteiger partial charge in [-0.3, -0.25) is 4.79 Å². The van der Waals surface area contributed by atoms with E-state index in [1.807, 2.05) is 0 Å². The lowest BCUT2D eigenvalue weighted by Gasteiger charge is -2.16. The van der Waals surface area contributed by atoms with E-state index in [-0.39, 0.29) is 23.5 Å². The summed E-state index contributed by atoms with van der Waals surface area (Å²) < 4.78 is 28.2. The number of carbonyl (C=O) groups excluding carboxylic acids is 1. The Bertz CT molecular complexity index is 1250. The molecule has 1 unspecified atom stereocenters. The van der Waals surface area contributed by atoms with Gasteiger partial charge in [-0.05, 0) is 30.7 Å². The number of nitrogens with one attached hydrogen (secondary N) is 3. The molecular formula is C23H25FN6O3. The van der Waals surface area contributed by atoms with Crippen molar-refractivity contribution in [3.63, 3.8) is 0 Å². The molecule has 0 spiro atoms. The van der Waals surface area contributed by atoms with Crippen LogP contribution in [0.5, 0.6) is 5.88 Å². The Morgan fingerprint density at radius 1 is 1.36 bits per heavy atom. The second-order valence-electron chi connectivity index (χ2n) is 7.65. The van der Waals surface area contributed by atoms with E-state index in [2.05, 4.69) is 20.7 Å². The summed E-state index contributed by atoms with van der Waals surface area (Å²) in [7, 11) is 3.26. The minimum atomic E-state index is -0.461. The maximum atomic E-state index is 15.1. The number of hydrogen-bond donors (Lipinski definition) is 3. The molecular weight excluding hydrogens is 427 g/mol. The van der Waals surface area contributed by atoms with Crippen LogP contribution in [-0.4, -0.2) is 60.1 Å². The molecule has 1 aliphatic rings. The summed E-state index contributed by atoms with van der Waals surface area (Å²) >= 11 is 0. The van der Waals surface area contributed by atoms with E-state index >= 15 is 4.39 Å². The zero-order valence-corrected chi connectivity index (χ0v) is 18.6. The molecule has 0 radical (unpaired) electrons. The third kappa shape index (κ3) is 4.29. The maximum Gasteiger partial charge on any atom is 0.251 e. The summed E-state index contributed by atoms with van der Waals surface area (Å²) in [4.78, 5) is 16.6. The van der Waals surface area contributed by atoms with Crippen molar-refractivity contribution in [1.82, 2.24) is 25.2 Å². The van der Waals surface area contributed by atoms with Crippen LogP contribution in [0.1, 0.15) is 27.9 Å². The quantitative estimate of drug-likeness (QED) is 0.475. The molecule has 3 N–H and O–H groups in total. The van der Waals surface area contributed by atoms with Crippen molar-refractivity contribution in [3.05, 3.63) is 53.1 Å². The Morgan fingerprint density at radius 3 is 2.85 bits per heavy atom. The highest BCUT2D eigenvalue weighted by molar-refractivity contribution is 6.09. The van der Waals surface area contributed by atoms with Gasteiger partial charge in [0.15, 0.2) is 5.65 Å². The minimum absolute atomic E-state index is 0.183. The van der Waals surface area contributed by atoms with Crippen LogP contribution in [0.2, 0.25) is 0 Å². The first-order valence-electron chi connectivity index (χ1n) is 10.5. The first kappa shape index (κ1) is 22.4. The number of aryl methyl sites for hydroxylation is 1. The molecule has 1 atom stereocenters. The van der Waals surface area contributed by atoms with E-state index in [0.717, 1.165) is 0 Å². The van der Waals surface area contributed by atoms with Crippen molar-refractivity contribution in [2.45, 2.75) is 19.4 Å². The van der Waals surface area contributed by atoms with Gasteiger partial charge in [-0.25, -0.2) is 13.9 Å². The molecule has 1 amide bonds. The molecule has 0 saturated carbocycles. The fraction of sp³-hybridized carbons (Fsp3) is 0.304. The van der Waals surface area contributed by atoms with Gasteiger partial charge in [-0.15, -0.1) is 5.10 Å². The Kier molecular flexibility index (Phi) is 6.36. The summed E-state index contributed by atoms with van der Waals surface area (Å²) in [6, 6.07) is 4.72. The van der Waals surface area contributed by atoms with E-state index in [1.165, 1.54) is 36.1 Å². The zero-order chi connectivity index (χ0) is 23.5. The average molecular weight is 452 g/mol. The number of imidazole rings is 1. The van der Waals surface area contributed by atoms with E-state index in [0.29, 0.717) is 53.2 Å². The SMILES string of the molecule is CN/C=C(\C=N)c1cc2ncc(-c3cc(C(=O)NC)cc(C)c3F)n2nc1OC1CCOC1. The standard InChI is InChI=1S/C23H25FN6O3/c1-13-6-14(22(31)27-3)7-18(21(13)24)19-11-28-20-8-17(15(9-25)10-26-2)23(29-30(19)20)33-16-4-5-32-12-16/h6-11,16,25-26H,4-5,12H2,1-3H3,(H,27,31)/b15-10+,25-9?. The van der Waals surface area contributed by atoms with Gasteiger partial charge in [0.1, 0.15) is 11.9 Å². The predicted molar refractivity (Wildman–Crippen MR) is 122 cm³/mol. The Labute approximate surface area is 190 Å². The summed E-state index contributed by atoms with van der Waals surface area (Å²) in [5.41, 5.74) is 2.82. The van der Waals surface area contributed by atoms with Gasteiger partial charge in [0, 0.05) is 49.6 Å². The molecule has 2 aromatic heterocycles. The number of rotatable bonds is 7. The van der Waals surface area contributed by atoms with E-state index < -0.39 is 5.82 Å². The van der Waals surface area contributed by atoms with Gasteiger partial charge >= 0.3 is 0 Å². The molecule has 1 fully saturated rings. The summed E-state index contributed by atoms with van der Waals surface area (Å²) in [5.74, 6) is -0.499. The Balaban J connectivity index is 1.90. The number of halogens is 1. The lowest BCUT2D eigenvalue weighted by atomic mass is 10.0. The van der Waals surface area contributed by atoms with Crippen molar-refractivity contribution in [3.8, 4) is 17.1 Å². The Hall–Kier alpha value is -3.79. The molecule has 1 aliphatic heterocycles. The first-order chi connectivity index (χ1) is 16.0. The smallest absolute Gasteiger partial charge is 0.251 e. The molecule has 1 saturated heterocycles. The molecule has 3 heterocycles. The number of ether oxygens (including phenoxy) is 2. The van der Waals surface area contributed by atoms with Crippen LogP contribution in [0, 0.1) is 18.2 Å².